The number of aliphatic hydroxyl groups excluding tert-OH is 1. The minimum Gasteiger partial charge on any atom is -0.450 e. The van der Waals surface area contributed by atoms with E-state index in [0.29, 0.717) is 6.61 Å². The first-order chi connectivity index (χ1) is 12.2. The summed E-state index contributed by atoms with van der Waals surface area (Å²) in [5.41, 5.74) is 10.1. The van der Waals surface area contributed by atoms with Crippen molar-refractivity contribution in [1.82, 2.24) is 0 Å². The second kappa shape index (κ2) is 8.17. The molecule has 1 amide bonds. The number of benzene rings is 2. The fourth-order valence-corrected chi connectivity index (χ4v) is 3.74. The summed E-state index contributed by atoms with van der Waals surface area (Å²) in [6.45, 7) is 0.356. The fraction of sp³-hybridized carbons (Fsp3) is 0.381. The molecule has 0 saturated heterocycles. The van der Waals surface area contributed by atoms with Crippen molar-refractivity contribution in [3.8, 4) is 11.1 Å². The molecule has 4 heteroatoms. The molecule has 0 bridgehead atoms. The van der Waals surface area contributed by atoms with E-state index in [2.05, 4.69) is 48.5 Å². The number of nitrogens with two attached hydrogens (primary N) is 1. The number of carbonyl (C=O) groups excluding carboxylic acids is 1. The monoisotopic (exact) mass is 339 g/mol. The highest BCUT2D eigenvalue weighted by Crippen LogP contribution is 2.46. The zero-order chi connectivity index (χ0) is 17.6. The highest BCUT2D eigenvalue weighted by atomic mass is 16.5. The number of hydrogen-bond acceptors (Lipinski definition) is 3. The summed E-state index contributed by atoms with van der Waals surface area (Å²) in [6, 6.07) is 17.0. The number of fused-ring (bicyclic) bond motifs is 3. The van der Waals surface area contributed by atoms with Gasteiger partial charge in [0.2, 0.25) is 0 Å². The minimum absolute atomic E-state index is 0.264. The van der Waals surface area contributed by atoms with Gasteiger partial charge in [-0.25, -0.2) is 4.79 Å². The topological polar surface area (TPSA) is 72.6 Å². The Morgan fingerprint density at radius 1 is 1.00 bits per heavy atom. The van der Waals surface area contributed by atoms with Crippen molar-refractivity contribution in [2.24, 2.45) is 5.73 Å². The first-order valence-corrected chi connectivity index (χ1v) is 8.95. The molecule has 0 fully saturated rings. The Labute approximate surface area is 148 Å². The molecule has 0 aromatic heterocycles. The largest absolute Gasteiger partial charge is 0.450 e. The molecule has 0 aliphatic heterocycles. The van der Waals surface area contributed by atoms with Crippen molar-refractivity contribution in [3.63, 3.8) is 0 Å². The van der Waals surface area contributed by atoms with Gasteiger partial charge in [0.1, 0.15) is 0 Å². The average molecular weight is 339 g/mol. The van der Waals surface area contributed by atoms with Gasteiger partial charge in [0.25, 0.3) is 0 Å². The third-order valence-electron chi connectivity index (χ3n) is 4.90. The van der Waals surface area contributed by atoms with E-state index in [-0.39, 0.29) is 12.0 Å². The molecule has 0 spiro atoms. The van der Waals surface area contributed by atoms with Gasteiger partial charge in [-0.15, -0.1) is 0 Å². The highest BCUT2D eigenvalue weighted by Gasteiger charge is 2.29. The number of rotatable bonds is 8. The summed E-state index contributed by atoms with van der Waals surface area (Å²) < 4.78 is 4.71. The van der Waals surface area contributed by atoms with E-state index in [4.69, 9.17) is 10.5 Å². The lowest BCUT2D eigenvalue weighted by Gasteiger charge is -2.18. The number of primary amides is 1. The van der Waals surface area contributed by atoms with Gasteiger partial charge in [0, 0.05) is 5.92 Å². The zero-order valence-electron chi connectivity index (χ0n) is 14.4. The summed E-state index contributed by atoms with van der Waals surface area (Å²) in [6.07, 6.45) is 3.06. The maximum atomic E-state index is 10.5. The summed E-state index contributed by atoms with van der Waals surface area (Å²) in [5.74, 6) is 0.264. The van der Waals surface area contributed by atoms with Crippen LogP contribution in [0.3, 0.4) is 0 Å². The molecule has 1 unspecified atom stereocenters. The van der Waals surface area contributed by atoms with E-state index < -0.39 is 6.09 Å². The molecule has 1 aliphatic carbocycles. The molecule has 3 N–H and O–H groups in total. The third-order valence-corrected chi connectivity index (χ3v) is 4.90. The predicted octanol–water partition coefficient (Wildman–Crippen LogP) is 4.21. The molecule has 0 radical (unpaired) electrons. The van der Waals surface area contributed by atoms with Crippen LogP contribution in [0.25, 0.3) is 11.1 Å². The van der Waals surface area contributed by atoms with E-state index in [0.717, 1.165) is 32.1 Å². The predicted molar refractivity (Wildman–Crippen MR) is 98.3 cm³/mol. The van der Waals surface area contributed by atoms with Crippen LogP contribution in [0.1, 0.15) is 49.1 Å². The van der Waals surface area contributed by atoms with Crippen molar-refractivity contribution in [1.29, 1.82) is 0 Å². The van der Waals surface area contributed by atoms with E-state index in [1.165, 1.54) is 22.3 Å². The lowest BCUT2D eigenvalue weighted by Crippen LogP contribution is -2.14. The SMILES string of the molecule is NC(=O)OCCCCCC(O)CC1c2ccccc2-c2ccccc21. The molecular formula is C21H25NO3. The summed E-state index contributed by atoms with van der Waals surface area (Å²) in [5, 5.41) is 10.5. The van der Waals surface area contributed by atoms with E-state index in [9.17, 15) is 9.90 Å². The Balaban J connectivity index is 1.55. The fourth-order valence-electron chi connectivity index (χ4n) is 3.74. The van der Waals surface area contributed by atoms with Crippen LogP contribution in [-0.2, 0) is 4.74 Å². The molecule has 25 heavy (non-hydrogen) atoms. The Bertz CT molecular complexity index is 683. The number of hydrogen-bond donors (Lipinski definition) is 2. The molecule has 132 valence electrons. The lowest BCUT2D eigenvalue weighted by molar-refractivity contribution is 0.140. The smallest absolute Gasteiger partial charge is 0.404 e. The molecule has 4 nitrogen and oxygen atoms in total. The highest BCUT2D eigenvalue weighted by molar-refractivity contribution is 5.78. The number of ether oxygens (including phenoxy) is 1. The average Bonchev–Trinajstić information content (AvgIpc) is 2.92. The van der Waals surface area contributed by atoms with Crippen LogP contribution in [-0.4, -0.2) is 23.9 Å². The molecule has 2 aromatic carbocycles. The second-order valence-corrected chi connectivity index (χ2v) is 6.63. The van der Waals surface area contributed by atoms with E-state index in [1.54, 1.807) is 0 Å². The second-order valence-electron chi connectivity index (χ2n) is 6.63. The maximum absolute atomic E-state index is 10.5. The third kappa shape index (κ3) is 4.20. The molecule has 0 heterocycles. The summed E-state index contributed by atoms with van der Waals surface area (Å²) in [4.78, 5) is 10.5. The van der Waals surface area contributed by atoms with Gasteiger partial charge in [-0.3, -0.25) is 0 Å². The van der Waals surface area contributed by atoms with Crippen molar-refractivity contribution >= 4 is 6.09 Å². The van der Waals surface area contributed by atoms with Crippen LogP contribution in [0.15, 0.2) is 48.5 Å². The lowest BCUT2D eigenvalue weighted by atomic mass is 9.89. The van der Waals surface area contributed by atoms with Crippen LogP contribution in [0.5, 0.6) is 0 Å². The van der Waals surface area contributed by atoms with Gasteiger partial charge < -0.3 is 15.6 Å². The van der Waals surface area contributed by atoms with Gasteiger partial charge >= 0.3 is 6.09 Å². The van der Waals surface area contributed by atoms with Crippen LogP contribution in [0, 0.1) is 0 Å². The van der Waals surface area contributed by atoms with Crippen molar-refractivity contribution in [3.05, 3.63) is 59.7 Å². The van der Waals surface area contributed by atoms with E-state index in [1.807, 2.05) is 0 Å². The Hall–Kier alpha value is -2.33. The van der Waals surface area contributed by atoms with Crippen molar-refractivity contribution in [2.75, 3.05) is 6.61 Å². The van der Waals surface area contributed by atoms with Gasteiger partial charge in [0.15, 0.2) is 0 Å². The van der Waals surface area contributed by atoms with E-state index >= 15 is 0 Å². The summed E-state index contributed by atoms with van der Waals surface area (Å²) in [7, 11) is 0. The molecular weight excluding hydrogens is 314 g/mol. The van der Waals surface area contributed by atoms with Gasteiger partial charge in [0.05, 0.1) is 12.7 Å². The number of amides is 1. The standard InChI is InChI=1S/C21H25NO3/c22-21(24)25-13-7-1-2-8-15(23)14-20-18-11-5-3-9-16(18)17-10-4-6-12-19(17)20/h3-6,9-12,15,20,23H,1-2,7-8,13-14H2,(H2,22,24). The first-order valence-electron chi connectivity index (χ1n) is 8.95. The molecule has 3 rings (SSSR count). The molecule has 1 atom stereocenters. The van der Waals surface area contributed by atoms with Crippen LogP contribution >= 0.6 is 0 Å². The van der Waals surface area contributed by atoms with Gasteiger partial charge in [-0.1, -0.05) is 55.0 Å². The Morgan fingerprint density at radius 2 is 1.60 bits per heavy atom. The quantitative estimate of drug-likeness (QED) is 0.708. The molecule has 2 aromatic rings. The number of unbranched alkanes of at least 4 members (excludes halogenated alkanes) is 2. The Morgan fingerprint density at radius 3 is 2.20 bits per heavy atom. The van der Waals surface area contributed by atoms with Gasteiger partial charge in [-0.2, -0.15) is 0 Å². The Kier molecular flexibility index (Phi) is 5.71. The maximum Gasteiger partial charge on any atom is 0.404 e. The number of carbonyl (C=O) groups is 1. The number of aliphatic hydroxyl groups is 1. The van der Waals surface area contributed by atoms with Crippen LogP contribution < -0.4 is 5.73 Å². The molecule has 1 aliphatic rings. The first kappa shape index (κ1) is 17.5. The van der Waals surface area contributed by atoms with Crippen molar-refractivity contribution in [2.45, 2.75) is 44.1 Å². The zero-order valence-corrected chi connectivity index (χ0v) is 14.4. The van der Waals surface area contributed by atoms with Crippen LogP contribution in [0.2, 0.25) is 0 Å². The minimum atomic E-state index is -0.724. The van der Waals surface area contributed by atoms with Crippen LogP contribution in [0.4, 0.5) is 4.79 Å². The molecule has 0 saturated carbocycles. The van der Waals surface area contributed by atoms with Gasteiger partial charge in [-0.05, 0) is 47.9 Å². The summed E-state index contributed by atoms with van der Waals surface area (Å²) >= 11 is 0. The van der Waals surface area contributed by atoms with Crippen molar-refractivity contribution < 1.29 is 14.6 Å². The normalized spacial score (nSPS) is 14.0.